The summed E-state index contributed by atoms with van der Waals surface area (Å²) in [6, 6.07) is 2.23. The number of hydrogen-bond acceptors (Lipinski definition) is 1. The summed E-state index contributed by atoms with van der Waals surface area (Å²) < 4.78 is 0. The molecule has 0 aliphatic heterocycles. The van der Waals surface area contributed by atoms with Crippen molar-refractivity contribution in [2.75, 3.05) is 14.1 Å². The van der Waals surface area contributed by atoms with Gasteiger partial charge in [-0.25, -0.2) is 0 Å². The van der Waals surface area contributed by atoms with Crippen molar-refractivity contribution in [2.45, 2.75) is 33.2 Å². The molecule has 0 N–H and O–H groups in total. The first-order valence-electron chi connectivity index (χ1n) is 5.24. The highest BCUT2D eigenvalue weighted by Crippen LogP contribution is 2.32. The highest BCUT2D eigenvalue weighted by molar-refractivity contribution is 6.20. The molecule has 1 aromatic rings. The van der Waals surface area contributed by atoms with E-state index in [9.17, 15) is 0 Å². The zero-order valence-corrected chi connectivity index (χ0v) is 11.2. The quantitative estimate of drug-likeness (QED) is 0.548. The summed E-state index contributed by atoms with van der Waals surface area (Å²) in [4.78, 5) is 2.04. The Bertz CT molecular complexity index is 343. The molecule has 0 aliphatic carbocycles. The molecule has 0 amide bonds. The molecule has 1 aromatic carbocycles. The van der Waals surface area contributed by atoms with E-state index in [2.05, 4.69) is 33.8 Å². The van der Waals surface area contributed by atoms with Gasteiger partial charge < -0.3 is 0 Å². The standard InChI is InChI=1S/C13H20ClN/c1-8-7-9(2)11(4)12(10(8)3)13(14)15(5)6/h7,13H,1-6H3. The van der Waals surface area contributed by atoms with Crippen LogP contribution in [0.25, 0.3) is 0 Å². The van der Waals surface area contributed by atoms with Gasteiger partial charge in [-0.2, -0.15) is 0 Å². The molecular weight excluding hydrogens is 206 g/mol. The van der Waals surface area contributed by atoms with Crippen molar-refractivity contribution >= 4 is 11.6 Å². The third-order valence-corrected chi connectivity index (χ3v) is 3.72. The molecule has 1 atom stereocenters. The molecule has 0 spiro atoms. The summed E-state index contributed by atoms with van der Waals surface area (Å²) in [6.07, 6.45) is 0. The lowest BCUT2D eigenvalue weighted by molar-refractivity contribution is 0.382. The smallest absolute Gasteiger partial charge is 0.111 e. The Morgan fingerprint density at radius 1 is 1.00 bits per heavy atom. The molecule has 2 heteroatoms. The van der Waals surface area contributed by atoms with Crippen molar-refractivity contribution in [3.05, 3.63) is 33.9 Å². The van der Waals surface area contributed by atoms with Crippen LogP contribution in [0, 0.1) is 27.7 Å². The number of hydrogen-bond donors (Lipinski definition) is 0. The number of benzene rings is 1. The second kappa shape index (κ2) is 4.54. The van der Waals surface area contributed by atoms with E-state index < -0.39 is 0 Å². The first-order valence-corrected chi connectivity index (χ1v) is 5.67. The van der Waals surface area contributed by atoms with Crippen LogP contribution in [0.3, 0.4) is 0 Å². The molecule has 84 valence electrons. The van der Waals surface area contributed by atoms with Crippen LogP contribution in [0.1, 0.15) is 33.3 Å². The Labute approximate surface area is 98.0 Å². The molecule has 0 radical (unpaired) electrons. The first-order chi connectivity index (χ1) is 6.86. The van der Waals surface area contributed by atoms with E-state index in [1.165, 1.54) is 27.8 Å². The topological polar surface area (TPSA) is 3.24 Å². The molecule has 0 bridgehead atoms. The van der Waals surface area contributed by atoms with E-state index in [0.29, 0.717) is 0 Å². The van der Waals surface area contributed by atoms with Gasteiger partial charge in [0.15, 0.2) is 0 Å². The average Bonchev–Trinajstić information content (AvgIpc) is 2.15. The van der Waals surface area contributed by atoms with Gasteiger partial charge in [0.25, 0.3) is 0 Å². The Kier molecular flexibility index (Phi) is 3.80. The fourth-order valence-electron chi connectivity index (χ4n) is 1.86. The Hall–Kier alpha value is -0.530. The maximum absolute atomic E-state index is 6.42. The first kappa shape index (κ1) is 12.5. The molecular formula is C13H20ClN. The van der Waals surface area contributed by atoms with Crippen molar-refractivity contribution in [3.8, 4) is 0 Å². The van der Waals surface area contributed by atoms with Gasteiger partial charge in [0.1, 0.15) is 5.50 Å². The fraction of sp³-hybridized carbons (Fsp3) is 0.538. The summed E-state index contributed by atoms with van der Waals surface area (Å²) in [5.41, 5.74) is 6.49. The van der Waals surface area contributed by atoms with Crippen molar-refractivity contribution in [1.29, 1.82) is 0 Å². The number of nitrogens with zero attached hydrogens (tertiary/aromatic N) is 1. The van der Waals surface area contributed by atoms with E-state index >= 15 is 0 Å². The molecule has 1 unspecified atom stereocenters. The van der Waals surface area contributed by atoms with Gasteiger partial charge in [-0.15, -0.1) is 11.6 Å². The van der Waals surface area contributed by atoms with Crippen molar-refractivity contribution in [2.24, 2.45) is 0 Å². The lowest BCUT2D eigenvalue weighted by Gasteiger charge is -2.24. The number of aryl methyl sites for hydroxylation is 2. The van der Waals surface area contributed by atoms with Crippen LogP contribution in [0.2, 0.25) is 0 Å². The van der Waals surface area contributed by atoms with Gasteiger partial charge in [-0.3, -0.25) is 4.90 Å². The van der Waals surface area contributed by atoms with Crippen LogP contribution in [-0.2, 0) is 0 Å². The highest BCUT2D eigenvalue weighted by atomic mass is 35.5. The maximum Gasteiger partial charge on any atom is 0.111 e. The van der Waals surface area contributed by atoms with E-state index in [0.717, 1.165) is 0 Å². The molecule has 1 nitrogen and oxygen atoms in total. The van der Waals surface area contributed by atoms with Crippen LogP contribution in [0.5, 0.6) is 0 Å². The van der Waals surface area contributed by atoms with Gasteiger partial charge in [-0.05, 0) is 69.6 Å². The van der Waals surface area contributed by atoms with Crippen LogP contribution in [-0.4, -0.2) is 19.0 Å². The van der Waals surface area contributed by atoms with Crippen molar-refractivity contribution in [3.63, 3.8) is 0 Å². The van der Waals surface area contributed by atoms with Gasteiger partial charge in [0.05, 0.1) is 0 Å². The number of halogens is 1. The normalized spacial score (nSPS) is 13.3. The van der Waals surface area contributed by atoms with Gasteiger partial charge >= 0.3 is 0 Å². The van der Waals surface area contributed by atoms with Crippen molar-refractivity contribution in [1.82, 2.24) is 4.90 Å². The largest absolute Gasteiger partial charge is 0.290 e. The number of alkyl halides is 1. The van der Waals surface area contributed by atoms with Crippen molar-refractivity contribution < 1.29 is 0 Å². The van der Waals surface area contributed by atoms with Gasteiger partial charge in [0.2, 0.25) is 0 Å². The molecule has 0 saturated heterocycles. The lowest BCUT2D eigenvalue weighted by Crippen LogP contribution is -2.17. The fourth-order valence-corrected chi connectivity index (χ4v) is 2.19. The minimum absolute atomic E-state index is 0.0383. The second-order valence-electron chi connectivity index (χ2n) is 4.47. The van der Waals surface area contributed by atoms with Crippen LogP contribution >= 0.6 is 11.6 Å². The SMILES string of the molecule is Cc1cc(C)c(C)c(C(Cl)N(C)C)c1C. The Morgan fingerprint density at radius 2 is 1.40 bits per heavy atom. The summed E-state index contributed by atoms with van der Waals surface area (Å²) in [5, 5.41) is 0. The van der Waals surface area contributed by atoms with Gasteiger partial charge in [-0.1, -0.05) is 6.07 Å². The highest BCUT2D eigenvalue weighted by Gasteiger charge is 2.17. The van der Waals surface area contributed by atoms with E-state index in [-0.39, 0.29) is 5.50 Å². The predicted molar refractivity (Wildman–Crippen MR) is 67.7 cm³/mol. The lowest BCUT2D eigenvalue weighted by atomic mass is 9.94. The summed E-state index contributed by atoms with van der Waals surface area (Å²) in [7, 11) is 4.02. The van der Waals surface area contributed by atoms with E-state index in [4.69, 9.17) is 11.6 Å². The summed E-state index contributed by atoms with van der Waals surface area (Å²) >= 11 is 6.42. The van der Waals surface area contributed by atoms with Gasteiger partial charge in [0, 0.05) is 0 Å². The molecule has 0 aromatic heterocycles. The van der Waals surface area contributed by atoms with E-state index in [1.807, 2.05) is 19.0 Å². The van der Waals surface area contributed by atoms with Crippen LogP contribution in [0.4, 0.5) is 0 Å². The maximum atomic E-state index is 6.42. The number of rotatable bonds is 2. The average molecular weight is 226 g/mol. The molecule has 1 rings (SSSR count). The third-order valence-electron chi connectivity index (χ3n) is 3.12. The molecule has 15 heavy (non-hydrogen) atoms. The van der Waals surface area contributed by atoms with Crippen LogP contribution in [0.15, 0.2) is 6.07 Å². The molecule has 0 heterocycles. The minimum Gasteiger partial charge on any atom is -0.290 e. The summed E-state index contributed by atoms with van der Waals surface area (Å²) in [5.74, 6) is 0. The molecule has 0 fully saturated rings. The predicted octanol–water partition coefficient (Wildman–Crippen LogP) is 3.72. The third kappa shape index (κ3) is 2.35. The monoisotopic (exact) mass is 225 g/mol. The molecule has 0 saturated carbocycles. The molecule has 0 aliphatic rings. The second-order valence-corrected chi connectivity index (χ2v) is 4.89. The zero-order valence-electron chi connectivity index (χ0n) is 10.5. The minimum atomic E-state index is -0.0383. The van der Waals surface area contributed by atoms with Crippen LogP contribution < -0.4 is 0 Å². The van der Waals surface area contributed by atoms with E-state index in [1.54, 1.807) is 0 Å². The Balaban J connectivity index is 3.39. The zero-order chi connectivity index (χ0) is 11.7. The Morgan fingerprint density at radius 3 is 1.73 bits per heavy atom. The summed E-state index contributed by atoms with van der Waals surface area (Å²) in [6.45, 7) is 8.58.